The third-order valence-electron chi connectivity index (χ3n) is 13.4. The van der Waals surface area contributed by atoms with Gasteiger partial charge in [-0.15, -0.1) is 0 Å². The Labute approximate surface area is 337 Å². The molecule has 3 aliphatic carbocycles. The quantitative estimate of drug-likeness (QED) is 0.172. The van der Waals surface area contributed by atoms with Crippen LogP contribution in [0, 0.1) is 11.8 Å². The maximum Gasteiger partial charge on any atom is 0.160 e. The van der Waals surface area contributed by atoms with Crippen LogP contribution >= 0.6 is 0 Å². The van der Waals surface area contributed by atoms with Crippen LogP contribution in [-0.4, -0.2) is 16.1 Å². The van der Waals surface area contributed by atoms with Gasteiger partial charge in [0.15, 0.2) is 5.84 Å². The number of hydrogen-bond donors (Lipinski definition) is 0. The lowest BCUT2D eigenvalue weighted by atomic mass is 9.65. The summed E-state index contributed by atoms with van der Waals surface area (Å²) < 4.78 is 2.52. The molecule has 1 unspecified atom stereocenters. The van der Waals surface area contributed by atoms with E-state index in [1.807, 2.05) is 0 Å². The molecular weight excluding hydrogens is 703 g/mol. The average Bonchev–Trinajstić information content (AvgIpc) is 4.00. The topological polar surface area (TPSA) is 29.6 Å². The fraction of sp³-hybridized carbons (Fsp3) is 0.0909. The predicted octanol–water partition coefficient (Wildman–Crippen LogP) is 12.9. The molecular formula is C55H37N3. The SMILES string of the molecule is C1=CC2C[C@@H]2C(C2=NC(c3ccc(-c4cc5c6c(c4)c4ccccc4n6-c4ccccc4C54c5ccccc5-c5ccccc54)cc3)=NC(c3ccccc3)=CC2)=C1. The normalized spacial score (nSPS) is 19.0. The number of nitrogens with zero attached hydrogens (tertiary/aromatic N) is 3. The second-order valence-electron chi connectivity index (χ2n) is 16.4. The van der Waals surface area contributed by atoms with Crippen molar-refractivity contribution >= 4 is 39.1 Å². The first-order valence-electron chi connectivity index (χ1n) is 20.5. The fourth-order valence-electron chi connectivity index (χ4n) is 10.7. The van der Waals surface area contributed by atoms with E-state index in [-0.39, 0.29) is 0 Å². The second kappa shape index (κ2) is 12.0. The minimum absolute atomic E-state index is 0.480. The van der Waals surface area contributed by atoms with E-state index in [0.717, 1.165) is 34.8 Å². The standard InChI is InChI=1S/C55H37N3/c1-2-13-35(14-3-1)49-29-30-50(41-19-12-15-37-31-43(37)41)57-54(56-49)36-27-25-34(26-28-36)38-32-44-42-18-6-10-23-51(42)58-52-24-11-9-22-47(52)55(48(33-38)53(44)58)45-20-7-4-16-39(45)40-17-5-8-21-46(40)55/h1-29,32-33,37,43H,30-31H2/t37?,43-/m0/s1. The Balaban J connectivity index is 1.02. The zero-order valence-corrected chi connectivity index (χ0v) is 31.8. The minimum Gasteiger partial charge on any atom is -0.309 e. The lowest BCUT2D eigenvalue weighted by Gasteiger charge is -2.39. The number of allylic oxidation sites excluding steroid dienone is 5. The molecule has 58 heavy (non-hydrogen) atoms. The van der Waals surface area contributed by atoms with Crippen LogP contribution in [0.1, 0.15) is 46.2 Å². The van der Waals surface area contributed by atoms with Crippen LogP contribution in [0.5, 0.6) is 0 Å². The summed E-state index contributed by atoms with van der Waals surface area (Å²) in [5, 5.41) is 2.54. The van der Waals surface area contributed by atoms with Gasteiger partial charge in [-0.3, -0.25) is 0 Å². The molecule has 5 aliphatic rings. The van der Waals surface area contributed by atoms with Crippen LogP contribution in [-0.2, 0) is 5.41 Å². The molecule has 272 valence electrons. The first-order chi connectivity index (χ1) is 28.8. The van der Waals surface area contributed by atoms with E-state index in [4.69, 9.17) is 9.98 Å². The van der Waals surface area contributed by atoms with E-state index >= 15 is 0 Å². The molecule has 0 radical (unpaired) electrons. The maximum absolute atomic E-state index is 5.36. The number of aliphatic imine (C=N–C) groups is 2. The van der Waals surface area contributed by atoms with Crippen LogP contribution in [0.25, 0.3) is 55.4 Å². The summed E-state index contributed by atoms with van der Waals surface area (Å²) in [5.41, 5.74) is 19.2. The van der Waals surface area contributed by atoms with E-state index in [2.05, 4.69) is 193 Å². The van der Waals surface area contributed by atoms with Crippen molar-refractivity contribution in [3.05, 3.63) is 227 Å². The van der Waals surface area contributed by atoms with Crippen molar-refractivity contribution in [1.82, 2.24) is 4.57 Å². The van der Waals surface area contributed by atoms with Crippen molar-refractivity contribution in [3.63, 3.8) is 0 Å². The van der Waals surface area contributed by atoms with Gasteiger partial charge in [0.25, 0.3) is 0 Å². The zero-order chi connectivity index (χ0) is 38.0. The Morgan fingerprint density at radius 2 is 1.24 bits per heavy atom. The van der Waals surface area contributed by atoms with Gasteiger partial charge in [0.1, 0.15) is 0 Å². The summed E-state index contributed by atoms with van der Waals surface area (Å²) in [6.45, 7) is 0. The highest BCUT2D eigenvalue weighted by Gasteiger charge is 2.51. The number of benzene rings is 7. The van der Waals surface area contributed by atoms with E-state index in [1.165, 1.54) is 84.0 Å². The van der Waals surface area contributed by atoms with Gasteiger partial charge >= 0.3 is 0 Å². The number of para-hydroxylation sites is 2. The third-order valence-corrected chi connectivity index (χ3v) is 13.4. The Morgan fingerprint density at radius 3 is 2.05 bits per heavy atom. The van der Waals surface area contributed by atoms with Crippen molar-refractivity contribution in [2.75, 3.05) is 0 Å². The minimum atomic E-state index is -0.480. The smallest absolute Gasteiger partial charge is 0.160 e. The lowest BCUT2D eigenvalue weighted by Crippen LogP contribution is -2.33. The summed E-state index contributed by atoms with van der Waals surface area (Å²) in [6, 6.07) is 60.6. The maximum atomic E-state index is 5.36. The molecule has 1 saturated carbocycles. The fourth-order valence-corrected chi connectivity index (χ4v) is 10.7. The predicted molar refractivity (Wildman–Crippen MR) is 239 cm³/mol. The number of aromatic nitrogens is 1. The van der Waals surface area contributed by atoms with Crippen molar-refractivity contribution in [1.29, 1.82) is 0 Å². The van der Waals surface area contributed by atoms with Gasteiger partial charge in [-0.1, -0.05) is 164 Å². The molecule has 0 N–H and O–H groups in total. The summed E-state index contributed by atoms with van der Waals surface area (Å²) in [5.74, 6) is 2.00. The summed E-state index contributed by atoms with van der Waals surface area (Å²) in [4.78, 5) is 10.6. The molecule has 3 heterocycles. The Morgan fingerprint density at radius 1 is 0.552 bits per heavy atom. The molecule has 0 bridgehead atoms. The van der Waals surface area contributed by atoms with Gasteiger partial charge in [0.05, 0.1) is 33.5 Å². The van der Waals surface area contributed by atoms with Gasteiger partial charge in [0.2, 0.25) is 0 Å². The second-order valence-corrected chi connectivity index (χ2v) is 16.4. The molecule has 2 atom stereocenters. The summed E-state index contributed by atoms with van der Waals surface area (Å²) >= 11 is 0. The van der Waals surface area contributed by atoms with Crippen LogP contribution in [0.15, 0.2) is 204 Å². The lowest BCUT2D eigenvalue weighted by molar-refractivity contribution is 0.749. The Bertz CT molecular complexity index is 3180. The molecule has 8 aromatic rings. The van der Waals surface area contributed by atoms with Gasteiger partial charge in [-0.25, -0.2) is 9.98 Å². The number of hydrogen-bond acceptors (Lipinski definition) is 2. The molecule has 1 fully saturated rings. The van der Waals surface area contributed by atoms with Crippen molar-refractivity contribution in [2.24, 2.45) is 21.8 Å². The molecule has 7 aromatic carbocycles. The molecule has 3 nitrogen and oxygen atoms in total. The summed E-state index contributed by atoms with van der Waals surface area (Å²) in [6.07, 6.45) is 11.1. The first-order valence-corrected chi connectivity index (χ1v) is 20.5. The largest absolute Gasteiger partial charge is 0.309 e. The van der Waals surface area contributed by atoms with Crippen LogP contribution in [0.3, 0.4) is 0 Å². The number of amidine groups is 1. The van der Waals surface area contributed by atoms with E-state index in [9.17, 15) is 0 Å². The zero-order valence-electron chi connectivity index (χ0n) is 31.8. The molecule has 13 rings (SSSR count). The van der Waals surface area contributed by atoms with E-state index in [0.29, 0.717) is 11.8 Å². The van der Waals surface area contributed by atoms with Crippen molar-refractivity contribution in [3.8, 4) is 27.9 Å². The van der Waals surface area contributed by atoms with Crippen LogP contribution in [0.4, 0.5) is 0 Å². The molecule has 1 aromatic heterocycles. The van der Waals surface area contributed by atoms with Gasteiger partial charge in [-0.2, -0.15) is 0 Å². The molecule has 0 saturated heterocycles. The highest BCUT2D eigenvalue weighted by Crippen LogP contribution is 2.61. The van der Waals surface area contributed by atoms with Gasteiger partial charge in [-0.05, 0) is 98.2 Å². The summed E-state index contributed by atoms with van der Waals surface area (Å²) in [7, 11) is 0. The van der Waals surface area contributed by atoms with Gasteiger partial charge < -0.3 is 4.57 Å². The highest BCUT2D eigenvalue weighted by atomic mass is 15.0. The van der Waals surface area contributed by atoms with Crippen molar-refractivity contribution < 1.29 is 0 Å². The highest BCUT2D eigenvalue weighted by molar-refractivity contribution is 6.16. The van der Waals surface area contributed by atoms with Crippen molar-refractivity contribution in [2.45, 2.75) is 18.3 Å². The van der Waals surface area contributed by atoms with E-state index in [1.54, 1.807) is 0 Å². The Hall–Kier alpha value is -7.10. The molecule has 2 aliphatic heterocycles. The molecule has 1 spiro atoms. The molecule has 0 amide bonds. The van der Waals surface area contributed by atoms with Gasteiger partial charge in [0, 0.05) is 22.8 Å². The number of fused-ring (bicyclic) bond motifs is 13. The number of rotatable bonds is 4. The average molecular weight is 740 g/mol. The van der Waals surface area contributed by atoms with Crippen LogP contribution in [0.2, 0.25) is 0 Å². The monoisotopic (exact) mass is 739 g/mol. The van der Waals surface area contributed by atoms with E-state index < -0.39 is 5.41 Å². The first kappa shape index (κ1) is 32.0. The van der Waals surface area contributed by atoms with Crippen LogP contribution < -0.4 is 0 Å². The Kier molecular flexibility index (Phi) is 6.60. The third kappa shape index (κ3) is 4.39. The molecule has 3 heteroatoms.